The molecule has 0 radical (unpaired) electrons. The summed E-state index contributed by atoms with van der Waals surface area (Å²) in [6.45, 7) is 1.53. The molecule has 21 heavy (non-hydrogen) atoms. The number of aromatic hydroxyl groups is 1. The molecule has 1 fully saturated rings. The summed E-state index contributed by atoms with van der Waals surface area (Å²) < 4.78 is 5.25. The molecule has 1 aliphatic rings. The van der Waals surface area contributed by atoms with Crippen LogP contribution in [0, 0.1) is 0 Å². The van der Waals surface area contributed by atoms with Gasteiger partial charge in [0.05, 0.1) is 11.7 Å². The van der Waals surface area contributed by atoms with E-state index in [1.165, 1.54) is 19.1 Å². The minimum absolute atomic E-state index is 0.0453. The summed E-state index contributed by atoms with van der Waals surface area (Å²) in [6.07, 6.45) is -5.84. The van der Waals surface area contributed by atoms with Crippen molar-refractivity contribution in [2.45, 2.75) is 37.6 Å². The molecule has 1 amide bonds. The van der Waals surface area contributed by atoms with E-state index in [0.717, 1.165) is 0 Å². The number of rotatable bonds is 3. The second kappa shape index (κ2) is 6.37. The highest BCUT2D eigenvalue weighted by molar-refractivity contribution is 5.96. The number of carbonyl (C=O) groups is 1. The predicted molar refractivity (Wildman–Crippen MR) is 71.1 cm³/mol. The molecule has 8 heteroatoms. The van der Waals surface area contributed by atoms with Gasteiger partial charge in [-0.1, -0.05) is 12.1 Å². The molecule has 0 bridgehead atoms. The highest BCUT2D eigenvalue weighted by Crippen LogP contribution is 2.19. The van der Waals surface area contributed by atoms with Crippen LogP contribution >= 0.6 is 0 Å². The SMILES string of the molecule is C[C@@H]1O[C@H](NNC(=O)c2ccccc2O)[C@H](O)[C@@H](O)[C@@H]1O. The Bertz CT molecular complexity index is 511. The van der Waals surface area contributed by atoms with Crippen LogP contribution in [-0.4, -0.2) is 57.0 Å². The Morgan fingerprint density at radius 3 is 2.48 bits per heavy atom. The molecule has 116 valence electrons. The second-order valence-corrected chi connectivity index (χ2v) is 4.85. The minimum Gasteiger partial charge on any atom is -0.507 e. The van der Waals surface area contributed by atoms with Gasteiger partial charge in [-0.2, -0.15) is 0 Å². The monoisotopic (exact) mass is 298 g/mol. The average molecular weight is 298 g/mol. The van der Waals surface area contributed by atoms with Gasteiger partial charge in [-0.05, 0) is 19.1 Å². The number of phenols is 1. The molecule has 1 heterocycles. The van der Waals surface area contributed by atoms with Crippen molar-refractivity contribution in [3.63, 3.8) is 0 Å². The fraction of sp³-hybridized carbons (Fsp3) is 0.462. The summed E-state index contributed by atoms with van der Waals surface area (Å²) in [4.78, 5) is 11.9. The van der Waals surface area contributed by atoms with Crippen molar-refractivity contribution >= 4 is 5.91 Å². The zero-order chi connectivity index (χ0) is 15.6. The summed E-state index contributed by atoms with van der Waals surface area (Å²) >= 11 is 0. The van der Waals surface area contributed by atoms with Crippen molar-refractivity contribution in [2.75, 3.05) is 0 Å². The van der Waals surface area contributed by atoms with E-state index in [-0.39, 0.29) is 11.3 Å². The quantitative estimate of drug-likeness (QED) is 0.373. The molecule has 0 unspecified atom stereocenters. The summed E-state index contributed by atoms with van der Waals surface area (Å²) in [6, 6.07) is 5.95. The lowest BCUT2D eigenvalue weighted by molar-refractivity contribution is -0.226. The fourth-order valence-corrected chi connectivity index (χ4v) is 2.04. The smallest absolute Gasteiger partial charge is 0.269 e. The van der Waals surface area contributed by atoms with E-state index in [0.29, 0.717) is 0 Å². The number of benzene rings is 1. The Labute approximate surface area is 121 Å². The first-order chi connectivity index (χ1) is 9.91. The number of phenolic OH excluding ortho intramolecular Hbond substituents is 1. The molecular weight excluding hydrogens is 280 g/mol. The molecule has 1 saturated heterocycles. The van der Waals surface area contributed by atoms with Crippen LogP contribution in [0.15, 0.2) is 24.3 Å². The summed E-state index contributed by atoms with van der Waals surface area (Å²) in [7, 11) is 0. The number of aliphatic hydroxyl groups is 3. The number of nitrogens with one attached hydrogen (secondary N) is 2. The third-order valence-corrected chi connectivity index (χ3v) is 3.33. The molecule has 5 atom stereocenters. The van der Waals surface area contributed by atoms with Crippen LogP contribution in [0.2, 0.25) is 0 Å². The molecule has 0 aliphatic carbocycles. The molecule has 1 aliphatic heterocycles. The average Bonchev–Trinajstić information content (AvgIpc) is 2.47. The number of aliphatic hydroxyl groups excluding tert-OH is 3. The molecule has 1 aromatic carbocycles. The lowest BCUT2D eigenvalue weighted by Gasteiger charge is -2.39. The molecule has 6 N–H and O–H groups in total. The number of hydrogen-bond acceptors (Lipinski definition) is 7. The number of hydrazine groups is 1. The van der Waals surface area contributed by atoms with Crippen molar-refractivity contribution in [1.29, 1.82) is 0 Å². The first-order valence-electron chi connectivity index (χ1n) is 6.45. The molecule has 1 aromatic rings. The van der Waals surface area contributed by atoms with Crippen LogP contribution in [0.1, 0.15) is 17.3 Å². The van der Waals surface area contributed by atoms with E-state index in [1.807, 2.05) is 0 Å². The Balaban J connectivity index is 1.97. The number of carbonyl (C=O) groups excluding carboxylic acids is 1. The van der Waals surface area contributed by atoms with Gasteiger partial charge >= 0.3 is 0 Å². The van der Waals surface area contributed by atoms with Crippen molar-refractivity contribution in [1.82, 2.24) is 10.9 Å². The normalized spacial score (nSPS) is 32.7. The van der Waals surface area contributed by atoms with E-state index in [2.05, 4.69) is 10.9 Å². The van der Waals surface area contributed by atoms with E-state index in [4.69, 9.17) is 4.74 Å². The Morgan fingerprint density at radius 1 is 1.14 bits per heavy atom. The first kappa shape index (κ1) is 15.7. The summed E-state index contributed by atoms with van der Waals surface area (Å²) in [5, 5.41) is 38.5. The van der Waals surface area contributed by atoms with Crippen molar-refractivity contribution in [3.8, 4) is 5.75 Å². The van der Waals surface area contributed by atoms with Gasteiger partial charge in [0.1, 0.15) is 24.1 Å². The van der Waals surface area contributed by atoms with Crippen LogP contribution in [0.25, 0.3) is 0 Å². The van der Waals surface area contributed by atoms with Gasteiger partial charge in [0.2, 0.25) is 0 Å². The molecule has 8 nitrogen and oxygen atoms in total. The van der Waals surface area contributed by atoms with Crippen molar-refractivity contribution in [2.24, 2.45) is 0 Å². The molecule has 0 spiro atoms. The zero-order valence-corrected chi connectivity index (χ0v) is 11.3. The largest absolute Gasteiger partial charge is 0.507 e. The third kappa shape index (κ3) is 3.31. The van der Waals surface area contributed by atoms with E-state index < -0.39 is 36.6 Å². The van der Waals surface area contributed by atoms with Gasteiger partial charge < -0.3 is 25.2 Å². The molecule has 0 saturated carbocycles. The Kier molecular flexibility index (Phi) is 4.76. The predicted octanol–water partition coefficient (Wildman–Crippen LogP) is -1.55. The summed E-state index contributed by atoms with van der Waals surface area (Å²) in [5.41, 5.74) is 4.74. The van der Waals surface area contributed by atoms with E-state index >= 15 is 0 Å². The zero-order valence-electron chi connectivity index (χ0n) is 11.3. The third-order valence-electron chi connectivity index (χ3n) is 3.33. The van der Waals surface area contributed by atoms with Crippen molar-refractivity contribution in [3.05, 3.63) is 29.8 Å². The standard InChI is InChI=1S/C13H18N2O6/c1-6-9(17)10(18)11(19)13(21-6)15-14-12(20)7-4-2-3-5-8(7)16/h2-6,9-11,13,15-19H,1H3,(H,14,20)/t6-,9+,10-,11+,13-/m0/s1. The molecule has 0 aromatic heterocycles. The Hall–Kier alpha value is -1.71. The number of hydrogen-bond donors (Lipinski definition) is 6. The van der Waals surface area contributed by atoms with Crippen LogP contribution in [0.4, 0.5) is 0 Å². The number of ether oxygens (including phenoxy) is 1. The highest BCUT2D eigenvalue weighted by atomic mass is 16.5. The van der Waals surface area contributed by atoms with Gasteiger partial charge in [-0.15, -0.1) is 0 Å². The Morgan fingerprint density at radius 2 is 1.81 bits per heavy atom. The van der Waals surface area contributed by atoms with E-state index in [9.17, 15) is 25.2 Å². The second-order valence-electron chi connectivity index (χ2n) is 4.85. The van der Waals surface area contributed by atoms with Crippen LogP contribution in [0.5, 0.6) is 5.75 Å². The van der Waals surface area contributed by atoms with E-state index in [1.54, 1.807) is 12.1 Å². The van der Waals surface area contributed by atoms with Gasteiger partial charge in [0, 0.05) is 0 Å². The topological polar surface area (TPSA) is 131 Å². The minimum atomic E-state index is -1.42. The summed E-state index contributed by atoms with van der Waals surface area (Å²) in [5.74, 6) is -0.817. The molecular formula is C13H18N2O6. The number of para-hydroxylation sites is 1. The highest BCUT2D eigenvalue weighted by Gasteiger charge is 2.41. The first-order valence-corrected chi connectivity index (χ1v) is 6.45. The maximum Gasteiger partial charge on any atom is 0.269 e. The van der Waals surface area contributed by atoms with Crippen LogP contribution < -0.4 is 10.9 Å². The fourth-order valence-electron chi connectivity index (χ4n) is 2.04. The number of amides is 1. The van der Waals surface area contributed by atoms with Gasteiger partial charge in [0.25, 0.3) is 5.91 Å². The van der Waals surface area contributed by atoms with Gasteiger partial charge in [-0.3, -0.25) is 10.2 Å². The van der Waals surface area contributed by atoms with Gasteiger partial charge in [0.15, 0.2) is 6.23 Å². The maximum absolute atomic E-state index is 11.9. The van der Waals surface area contributed by atoms with Crippen LogP contribution in [-0.2, 0) is 4.74 Å². The van der Waals surface area contributed by atoms with Crippen LogP contribution in [0.3, 0.4) is 0 Å². The lowest BCUT2D eigenvalue weighted by Crippen LogP contribution is -2.63. The van der Waals surface area contributed by atoms with Crippen molar-refractivity contribution < 1.29 is 30.0 Å². The molecule has 2 rings (SSSR count). The lowest BCUT2D eigenvalue weighted by atomic mass is 9.99. The van der Waals surface area contributed by atoms with Gasteiger partial charge in [-0.25, -0.2) is 5.43 Å². The maximum atomic E-state index is 11.9.